The molecule has 138 valence electrons. The fraction of sp³-hybridized carbons (Fsp3) is 0.333. The molecule has 3 aromatic rings. The van der Waals surface area contributed by atoms with Crippen LogP contribution in [0.2, 0.25) is 0 Å². The summed E-state index contributed by atoms with van der Waals surface area (Å²) in [5.41, 5.74) is 1.64. The molecule has 0 radical (unpaired) electrons. The third-order valence-corrected chi connectivity index (χ3v) is 4.68. The molecule has 3 aromatic heterocycles. The van der Waals surface area contributed by atoms with Crippen LogP contribution in [0.5, 0.6) is 5.75 Å². The van der Waals surface area contributed by atoms with E-state index in [9.17, 15) is 4.79 Å². The quantitative estimate of drug-likeness (QED) is 0.685. The van der Waals surface area contributed by atoms with E-state index in [0.717, 1.165) is 24.1 Å². The molecule has 0 aromatic carbocycles. The third kappa shape index (κ3) is 4.02. The first-order valence-corrected chi connectivity index (χ1v) is 9.20. The van der Waals surface area contributed by atoms with Gasteiger partial charge in [-0.15, -0.1) is 0 Å². The van der Waals surface area contributed by atoms with Crippen molar-refractivity contribution >= 4 is 36.7 Å². The van der Waals surface area contributed by atoms with Crippen LogP contribution in [-0.2, 0) is 0 Å². The van der Waals surface area contributed by atoms with Crippen LogP contribution in [0, 0.1) is 0 Å². The highest BCUT2D eigenvalue weighted by molar-refractivity contribution is 6.36. The maximum atomic E-state index is 12.3. The Bertz CT molecular complexity index is 940. The predicted molar refractivity (Wildman–Crippen MR) is 106 cm³/mol. The van der Waals surface area contributed by atoms with Gasteiger partial charge >= 0.3 is 6.09 Å². The van der Waals surface area contributed by atoms with Crippen LogP contribution in [0.4, 0.5) is 16.4 Å². The van der Waals surface area contributed by atoms with E-state index in [4.69, 9.17) is 4.74 Å². The van der Waals surface area contributed by atoms with Gasteiger partial charge in [-0.1, -0.05) is 19.3 Å². The van der Waals surface area contributed by atoms with Gasteiger partial charge in [0.05, 0.1) is 6.20 Å². The number of hydrogen-bond acceptors (Lipinski definition) is 6. The topological polar surface area (TPSA) is 93.4 Å². The van der Waals surface area contributed by atoms with Gasteiger partial charge in [-0.2, -0.15) is 9.61 Å². The van der Waals surface area contributed by atoms with Gasteiger partial charge in [0.25, 0.3) is 0 Å². The number of amides is 1. The summed E-state index contributed by atoms with van der Waals surface area (Å²) in [5.74, 6) is 1.60. The van der Waals surface area contributed by atoms with Gasteiger partial charge in [-0.25, -0.2) is 9.78 Å². The Labute approximate surface area is 157 Å². The Morgan fingerprint density at radius 2 is 2.11 bits per heavy atom. The first-order chi connectivity index (χ1) is 13.2. The van der Waals surface area contributed by atoms with Crippen LogP contribution < -0.4 is 20.8 Å². The van der Waals surface area contributed by atoms with Gasteiger partial charge in [-0.3, -0.25) is 10.3 Å². The van der Waals surface area contributed by atoms with E-state index in [2.05, 4.69) is 25.7 Å². The molecule has 8 nitrogen and oxygen atoms in total. The van der Waals surface area contributed by atoms with Crippen molar-refractivity contribution in [2.45, 2.75) is 38.1 Å². The molecule has 0 saturated heterocycles. The van der Waals surface area contributed by atoms with Gasteiger partial charge in [0, 0.05) is 24.5 Å². The maximum absolute atomic E-state index is 12.3. The smallest absolute Gasteiger partial charge is 0.408 e. The van der Waals surface area contributed by atoms with Crippen molar-refractivity contribution in [2.24, 2.45) is 0 Å². The fourth-order valence-electron chi connectivity index (χ4n) is 3.34. The first kappa shape index (κ1) is 17.3. The Morgan fingerprint density at radius 3 is 2.89 bits per heavy atom. The van der Waals surface area contributed by atoms with Gasteiger partial charge < -0.3 is 10.1 Å². The summed E-state index contributed by atoms with van der Waals surface area (Å²) in [6, 6.07) is 5.57. The van der Waals surface area contributed by atoms with Gasteiger partial charge in [0.15, 0.2) is 11.4 Å². The average Bonchev–Trinajstić information content (AvgIpc) is 3.05. The fourth-order valence-corrected chi connectivity index (χ4v) is 3.34. The Morgan fingerprint density at radius 1 is 1.26 bits per heavy atom. The van der Waals surface area contributed by atoms with E-state index in [1.807, 2.05) is 7.85 Å². The average molecular weight is 364 g/mol. The van der Waals surface area contributed by atoms with E-state index in [1.165, 1.54) is 25.5 Å². The normalized spacial score (nSPS) is 14.8. The number of aromatic nitrogens is 4. The van der Waals surface area contributed by atoms with E-state index in [1.54, 1.807) is 35.1 Å². The summed E-state index contributed by atoms with van der Waals surface area (Å²) in [6.45, 7) is 0. The monoisotopic (exact) mass is 364 g/mol. The zero-order valence-corrected chi connectivity index (χ0v) is 15.2. The summed E-state index contributed by atoms with van der Waals surface area (Å²) in [5, 5.41) is 10.6. The minimum atomic E-state index is -0.604. The minimum Gasteiger partial charge on any atom is -0.408 e. The number of hydrogen-bond donors (Lipinski definition) is 2. The molecular formula is C18H21BN6O2. The first-order valence-electron chi connectivity index (χ1n) is 9.20. The van der Waals surface area contributed by atoms with Crippen LogP contribution in [0.3, 0.4) is 0 Å². The summed E-state index contributed by atoms with van der Waals surface area (Å²) < 4.78 is 6.87. The Balaban J connectivity index is 1.57. The van der Waals surface area contributed by atoms with Crippen molar-refractivity contribution in [3.8, 4) is 5.75 Å². The lowest BCUT2D eigenvalue weighted by atomic mass is 9.95. The molecule has 9 heteroatoms. The van der Waals surface area contributed by atoms with Crippen molar-refractivity contribution in [1.82, 2.24) is 19.6 Å². The molecule has 0 atom stereocenters. The van der Waals surface area contributed by atoms with Gasteiger partial charge in [-0.05, 0) is 30.4 Å². The van der Waals surface area contributed by atoms with Crippen LogP contribution in [0.1, 0.15) is 32.1 Å². The molecule has 1 fully saturated rings. The molecule has 3 heterocycles. The third-order valence-electron chi connectivity index (χ3n) is 4.68. The number of anilines is 2. The standard InChI is InChI=1S/C18H21BN6O2/c19-14-11-21-25-16(24-18(26)27-13-7-4-8-20-10-13)9-15(23-17(14)25)22-12-5-2-1-3-6-12/h4,7-12H,1-3,5-6,19H2,(H,22,23)(H,24,26). The number of carbonyl (C=O) groups is 1. The van der Waals surface area contributed by atoms with Crippen molar-refractivity contribution in [3.63, 3.8) is 0 Å². The summed E-state index contributed by atoms with van der Waals surface area (Å²) >= 11 is 0. The highest BCUT2D eigenvalue weighted by Crippen LogP contribution is 2.23. The van der Waals surface area contributed by atoms with Crippen molar-refractivity contribution in [1.29, 1.82) is 0 Å². The second-order valence-corrected chi connectivity index (χ2v) is 6.77. The SMILES string of the molecule is Bc1cnn2c(NC(=O)Oc3cccnc3)cc(NC3CCCCC3)nc12. The lowest BCUT2D eigenvalue weighted by molar-refractivity contribution is 0.215. The predicted octanol–water partition coefficient (Wildman–Crippen LogP) is 1.74. The Kier molecular flexibility index (Phi) is 4.91. The van der Waals surface area contributed by atoms with Crippen molar-refractivity contribution in [2.75, 3.05) is 10.6 Å². The molecule has 2 N–H and O–H groups in total. The molecular weight excluding hydrogens is 343 g/mol. The molecule has 0 aliphatic heterocycles. The molecule has 4 rings (SSSR count). The zero-order valence-electron chi connectivity index (χ0n) is 15.2. The van der Waals surface area contributed by atoms with Crippen LogP contribution in [0.15, 0.2) is 36.8 Å². The maximum Gasteiger partial charge on any atom is 0.418 e. The number of pyridine rings is 1. The van der Waals surface area contributed by atoms with E-state index in [-0.39, 0.29) is 0 Å². The molecule has 0 bridgehead atoms. The number of rotatable bonds is 4. The highest BCUT2D eigenvalue weighted by Gasteiger charge is 2.17. The molecule has 0 spiro atoms. The summed E-state index contributed by atoms with van der Waals surface area (Å²) in [7, 11) is 1.94. The van der Waals surface area contributed by atoms with E-state index < -0.39 is 6.09 Å². The minimum absolute atomic E-state index is 0.373. The lowest BCUT2D eigenvalue weighted by Crippen LogP contribution is -2.24. The van der Waals surface area contributed by atoms with Crippen molar-refractivity contribution < 1.29 is 9.53 Å². The van der Waals surface area contributed by atoms with Gasteiger partial charge in [0.1, 0.15) is 19.5 Å². The molecule has 0 unspecified atom stereocenters. The molecule has 1 amide bonds. The Hall–Kier alpha value is -3.10. The lowest BCUT2D eigenvalue weighted by Gasteiger charge is -2.23. The molecule has 27 heavy (non-hydrogen) atoms. The van der Waals surface area contributed by atoms with Crippen LogP contribution in [0.25, 0.3) is 5.65 Å². The van der Waals surface area contributed by atoms with Crippen molar-refractivity contribution in [3.05, 3.63) is 36.8 Å². The number of fused-ring (bicyclic) bond motifs is 1. The van der Waals surface area contributed by atoms with Gasteiger partial charge in [0.2, 0.25) is 0 Å². The number of ether oxygens (including phenoxy) is 1. The zero-order chi connectivity index (χ0) is 18.6. The molecule has 1 saturated carbocycles. The van der Waals surface area contributed by atoms with E-state index >= 15 is 0 Å². The highest BCUT2D eigenvalue weighted by atomic mass is 16.6. The largest absolute Gasteiger partial charge is 0.418 e. The molecule has 1 aliphatic rings. The second-order valence-electron chi connectivity index (χ2n) is 6.77. The molecule has 1 aliphatic carbocycles. The van der Waals surface area contributed by atoms with E-state index in [0.29, 0.717) is 23.3 Å². The van der Waals surface area contributed by atoms with Crippen LogP contribution >= 0.6 is 0 Å². The summed E-state index contributed by atoms with van der Waals surface area (Å²) in [6.07, 6.45) is 10.2. The number of nitrogens with one attached hydrogen (secondary N) is 2. The van der Waals surface area contributed by atoms with Crippen LogP contribution in [-0.4, -0.2) is 39.6 Å². The summed E-state index contributed by atoms with van der Waals surface area (Å²) in [4.78, 5) is 20.9. The second kappa shape index (κ2) is 7.65. The number of carbonyl (C=O) groups excluding carboxylic acids is 1. The number of nitrogens with zero attached hydrogens (tertiary/aromatic N) is 4.